The standard InChI is InChI=1S/C23H21N3O3S/c1-16-10-9-15-24-20(16)25-22-26(18-13-7-4-8-14-18)23(28,21(27)29-2)19(30-22)17-11-5-3-6-12-17/h3-15,19,28H,1-2H3/b25-22-. The summed E-state index contributed by atoms with van der Waals surface area (Å²) >= 11 is 1.31. The summed E-state index contributed by atoms with van der Waals surface area (Å²) in [5.74, 6) is -0.225. The van der Waals surface area contributed by atoms with Gasteiger partial charge in [0.15, 0.2) is 11.0 Å². The van der Waals surface area contributed by atoms with Crippen molar-refractivity contribution in [3.63, 3.8) is 0 Å². The normalized spacial score (nSPS) is 22.3. The second-order valence-corrected chi connectivity index (χ2v) is 7.91. The number of amidine groups is 1. The first-order valence-corrected chi connectivity index (χ1v) is 10.3. The van der Waals surface area contributed by atoms with Gasteiger partial charge in [0.1, 0.15) is 0 Å². The molecule has 1 saturated heterocycles. The van der Waals surface area contributed by atoms with Crippen LogP contribution in [0.3, 0.4) is 0 Å². The summed E-state index contributed by atoms with van der Waals surface area (Å²) in [4.78, 5) is 23.6. The SMILES string of the molecule is COC(=O)C1(O)C(c2ccccc2)S/C(=N\c2ncccc2C)N1c1ccccc1. The number of rotatable bonds is 4. The number of esters is 1. The summed E-state index contributed by atoms with van der Waals surface area (Å²) in [5, 5.41) is 11.7. The molecule has 1 N–H and O–H groups in total. The summed E-state index contributed by atoms with van der Waals surface area (Å²) in [5.41, 5.74) is 0.329. The molecule has 0 spiro atoms. The molecule has 30 heavy (non-hydrogen) atoms. The monoisotopic (exact) mass is 419 g/mol. The molecule has 1 aliphatic heterocycles. The number of para-hydroxylation sites is 1. The quantitative estimate of drug-likeness (QED) is 0.638. The van der Waals surface area contributed by atoms with Crippen molar-refractivity contribution in [3.05, 3.63) is 90.1 Å². The Morgan fingerprint density at radius 2 is 1.77 bits per heavy atom. The Kier molecular flexibility index (Phi) is 5.57. The van der Waals surface area contributed by atoms with Crippen molar-refractivity contribution in [3.8, 4) is 0 Å². The number of aliphatic imine (C=N–C) groups is 1. The average molecular weight is 420 g/mol. The Hall–Kier alpha value is -3.16. The fourth-order valence-corrected chi connectivity index (χ4v) is 4.79. The molecule has 1 aliphatic rings. The number of hydrogen-bond acceptors (Lipinski definition) is 6. The van der Waals surface area contributed by atoms with Gasteiger partial charge < -0.3 is 9.84 Å². The molecule has 0 aliphatic carbocycles. The third-order valence-corrected chi connectivity index (χ3v) is 6.23. The van der Waals surface area contributed by atoms with Crippen molar-refractivity contribution in [2.75, 3.05) is 12.0 Å². The van der Waals surface area contributed by atoms with E-state index >= 15 is 0 Å². The second-order valence-electron chi connectivity index (χ2n) is 6.84. The van der Waals surface area contributed by atoms with E-state index in [-0.39, 0.29) is 0 Å². The van der Waals surface area contributed by atoms with Gasteiger partial charge in [0.25, 0.3) is 5.72 Å². The van der Waals surface area contributed by atoms with Crippen LogP contribution in [0.1, 0.15) is 16.4 Å². The number of ether oxygens (including phenoxy) is 1. The van der Waals surface area contributed by atoms with Crippen LogP contribution in [0.5, 0.6) is 0 Å². The summed E-state index contributed by atoms with van der Waals surface area (Å²) in [6, 6.07) is 22.4. The molecule has 3 aromatic rings. The molecule has 0 radical (unpaired) electrons. The van der Waals surface area contributed by atoms with Crippen LogP contribution in [0.4, 0.5) is 11.5 Å². The largest absolute Gasteiger partial charge is 0.465 e. The summed E-state index contributed by atoms with van der Waals surface area (Å²) < 4.78 is 5.05. The van der Waals surface area contributed by atoms with Crippen LogP contribution in [-0.2, 0) is 9.53 Å². The van der Waals surface area contributed by atoms with E-state index in [0.717, 1.165) is 11.1 Å². The van der Waals surface area contributed by atoms with E-state index in [1.807, 2.05) is 79.7 Å². The Morgan fingerprint density at radius 1 is 1.10 bits per heavy atom. The van der Waals surface area contributed by atoms with Crippen LogP contribution in [0.25, 0.3) is 0 Å². The molecule has 7 heteroatoms. The Balaban J connectivity index is 1.93. The van der Waals surface area contributed by atoms with E-state index in [1.54, 1.807) is 6.20 Å². The number of benzene rings is 2. The van der Waals surface area contributed by atoms with Crippen molar-refractivity contribution < 1.29 is 14.6 Å². The van der Waals surface area contributed by atoms with Gasteiger partial charge in [-0.25, -0.2) is 14.8 Å². The van der Waals surface area contributed by atoms with Gasteiger partial charge in [0, 0.05) is 11.9 Å². The molecule has 4 rings (SSSR count). The lowest BCUT2D eigenvalue weighted by atomic mass is 9.99. The molecule has 1 fully saturated rings. The highest BCUT2D eigenvalue weighted by Gasteiger charge is 2.59. The van der Waals surface area contributed by atoms with E-state index in [2.05, 4.69) is 4.98 Å². The zero-order chi connectivity index (χ0) is 21.1. The van der Waals surface area contributed by atoms with Gasteiger partial charge in [-0.3, -0.25) is 4.90 Å². The van der Waals surface area contributed by atoms with Gasteiger partial charge in [-0.15, -0.1) is 0 Å². The minimum Gasteiger partial charge on any atom is -0.465 e. The molecule has 2 heterocycles. The summed E-state index contributed by atoms with van der Waals surface area (Å²) in [6.07, 6.45) is 1.67. The van der Waals surface area contributed by atoms with Gasteiger partial charge in [-0.05, 0) is 36.2 Å². The Bertz CT molecular complexity index is 1080. The van der Waals surface area contributed by atoms with Gasteiger partial charge in [-0.2, -0.15) is 0 Å². The number of aryl methyl sites for hydroxylation is 1. The second kappa shape index (κ2) is 8.30. The van der Waals surface area contributed by atoms with Crippen molar-refractivity contribution in [2.45, 2.75) is 17.9 Å². The van der Waals surface area contributed by atoms with Crippen molar-refractivity contribution >= 4 is 34.4 Å². The highest BCUT2D eigenvalue weighted by Crippen LogP contribution is 2.51. The minimum atomic E-state index is -1.98. The number of aromatic nitrogens is 1. The number of anilines is 1. The number of aliphatic hydroxyl groups is 1. The van der Waals surface area contributed by atoms with Crippen LogP contribution in [0, 0.1) is 6.92 Å². The maximum Gasteiger partial charge on any atom is 0.361 e. The molecule has 0 amide bonds. The maximum absolute atomic E-state index is 13.0. The lowest BCUT2D eigenvalue weighted by Crippen LogP contribution is -2.55. The third kappa shape index (κ3) is 3.46. The van der Waals surface area contributed by atoms with Crippen molar-refractivity contribution in [1.82, 2.24) is 4.98 Å². The molecule has 1 aromatic heterocycles. The van der Waals surface area contributed by atoms with Gasteiger partial charge >= 0.3 is 5.97 Å². The first kappa shape index (κ1) is 20.1. The lowest BCUT2D eigenvalue weighted by Gasteiger charge is -2.34. The van der Waals surface area contributed by atoms with Gasteiger partial charge in [-0.1, -0.05) is 66.4 Å². The fourth-order valence-electron chi connectivity index (χ4n) is 3.43. The van der Waals surface area contributed by atoms with Crippen LogP contribution in [0.15, 0.2) is 84.0 Å². The molecule has 0 bridgehead atoms. The third-order valence-electron chi connectivity index (χ3n) is 4.91. The number of hydrogen-bond donors (Lipinski definition) is 1. The van der Waals surface area contributed by atoms with E-state index in [9.17, 15) is 9.90 Å². The van der Waals surface area contributed by atoms with Crippen molar-refractivity contribution in [1.29, 1.82) is 0 Å². The van der Waals surface area contributed by atoms with E-state index in [1.165, 1.54) is 23.8 Å². The number of pyridine rings is 1. The minimum absolute atomic E-state index is 0.463. The molecular formula is C23H21N3O3S. The van der Waals surface area contributed by atoms with Crippen molar-refractivity contribution in [2.24, 2.45) is 4.99 Å². The van der Waals surface area contributed by atoms with Crippen LogP contribution < -0.4 is 4.90 Å². The predicted octanol–water partition coefficient (Wildman–Crippen LogP) is 4.23. The average Bonchev–Trinajstić information content (AvgIpc) is 3.09. The van der Waals surface area contributed by atoms with Crippen LogP contribution in [0.2, 0.25) is 0 Å². The Morgan fingerprint density at radius 3 is 2.40 bits per heavy atom. The maximum atomic E-state index is 13.0. The zero-order valence-electron chi connectivity index (χ0n) is 16.6. The molecule has 0 saturated carbocycles. The number of carbonyl (C=O) groups excluding carboxylic acids is 1. The number of carbonyl (C=O) groups is 1. The Labute approximate surface area is 179 Å². The fraction of sp³-hybridized carbons (Fsp3) is 0.174. The zero-order valence-corrected chi connectivity index (χ0v) is 17.4. The van der Waals surface area contributed by atoms with E-state index in [4.69, 9.17) is 9.73 Å². The molecule has 2 atom stereocenters. The predicted molar refractivity (Wildman–Crippen MR) is 119 cm³/mol. The molecule has 6 nitrogen and oxygen atoms in total. The van der Waals surface area contributed by atoms with E-state index in [0.29, 0.717) is 16.7 Å². The smallest absolute Gasteiger partial charge is 0.361 e. The summed E-state index contributed by atoms with van der Waals surface area (Å²) in [6.45, 7) is 1.92. The van der Waals surface area contributed by atoms with Gasteiger partial charge in [0.2, 0.25) is 0 Å². The van der Waals surface area contributed by atoms with Crippen LogP contribution in [-0.4, -0.2) is 34.1 Å². The topological polar surface area (TPSA) is 75.0 Å². The number of nitrogens with zero attached hydrogens (tertiary/aromatic N) is 3. The highest BCUT2D eigenvalue weighted by atomic mass is 32.2. The number of thioether (sulfide) groups is 1. The molecular weight excluding hydrogens is 398 g/mol. The summed E-state index contributed by atoms with van der Waals surface area (Å²) in [7, 11) is 1.27. The molecule has 152 valence electrons. The molecule has 2 aromatic carbocycles. The first-order valence-electron chi connectivity index (χ1n) is 9.43. The highest BCUT2D eigenvalue weighted by molar-refractivity contribution is 8.15. The van der Waals surface area contributed by atoms with Crippen LogP contribution >= 0.6 is 11.8 Å². The van der Waals surface area contributed by atoms with Gasteiger partial charge in [0.05, 0.1) is 12.4 Å². The number of methoxy groups -OCH3 is 1. The van der Waals surface area contributed by atoms with E-state index < -0.39 is 16.9 Å². The molecule has 2 unspecified atom stereocenters. The first-order chi connectivity index (χ1) is 14.6. The lowest BCUT2D eigenvalue weighted by molar-refractivity contribution is -0.161.